The summed E-state index contributed by atoms with van der Waals surface area (Å²) in [4.78, 5) is 61.3. The summed E-state index contributed by atoms with van der Waals surface area (Å²) < 4.78 is 5.08. The van der Waals surface area contributed by atoms with Crippen LogP contribution in [0.2, 0.25) is 0 Å². The molecule has 2 rings (SSSR count). The van der Waals surface area contributed by atoms with Crippen LogP contribution in [-0.4, -0.2) is 46.8 Å². The van der Waals surface area contributed by atoms with E-state index in [1.807, 2.05) is 13.8 Å². The fraction of sp³-hybridized carbons (Fsp3) is 0.389. The molecule has 5 amide bonds. The molecule has 0 bridgehead atoms. The third-order valence-electron chi connectivity index (χ3n) is 4.01. The highest BCUT2D eigenvalue weighted by Crippen LogP contribution is 2.27. The number of urea groups is 1. The Labute approximate surface area is 155 Å². The number of nitrogens with two attached hydrogens (primary N) is 1. The maximum Gasteiger partial charge on any atom is 0.330 e. The number of amides is 5. The molecule has 1 aromatic rings. The number of primary amides is 1. The smallest absolute Gasteiger partial charge is 0.330 e. The van der Waals surface area contributed by atoms with Crippen LogP contribution in [0.5, 0.6) is 0 Å². The monoisotopic (exact) mass is 375 g/mol. The molecule has 1 aliphatic heterocycles. The van der Waals surface area contributed by atoms with E-state index in [2.05, 4.69) is 0 Å². The number of hydrogen-bond donors (Lipinski definition) is 2. The summed E-state index contributed by atoms with van der Waals surface area (Å²) in [5, 5.41) is 1.80. The Balaban J connectivity index is 2.24. The number of nitrogens with one attached hydrogen (secondary N) is 1. The number of imide groups is 2. The van der Waals surface area contributed by atoms with Crippen LogP contribution in [-0.2, 0) is 14.3 Å². The van der Waals surface area contributed by atoms with Crippen LogP contribution in [0.3, 0.4) is 0 Å². The van der Waals surface area contributed by atoms with Crippen LogP contribution in [0.4, 0.5) is 4.79 Å². The van der Waals surface area contributed by atoms with Gasteiger partial charge in [-0.3, -0.25) is 24.6 Å². The molecular weight excluding hydrogens is 354 g/mol. The lowest BCUT2D eigenvalue weighted by molar-refractivity contribution is -0.158. The first-order valence-electron chi connectivity index (χ1n) is 8.41. The average molecular weight is 375 g/mol. The van der Waals surface area contributed by atoms with Crippen molar-refractivity contribution < 1.29 is 28.7 Å². The molecule has 27 heavy (non-hydrogen) atoms. The van der Waals surface area contributed by atoms with Crippen molar-refractivity contribution in [3.8, 4) is 0 Å². The van der Waals surface area contributed by atoms with Gasteiger partial charge >= 0.3 is 12.0 Å². The summed E-state index contributed by atoms with van der Waals surface area (Å²) in [6, 6.07) is 3.99. The minimum Gasteiger partial charge on any atom is -0.451 e. The molecule has 144 valence electrons. The number of ether oxygens (including phenoxy) is 1. The number of carbonyl (C=O) groups is 5. The summed E-state index contributed by atoms with van der Waals surface area (Å²) in [7, 11) is 0. The standard InChI is InChI=1S/C18H21N3O6/c1-9(2)8-13(17(25)27-10(3)14(22)20-18(19)26)21-15(23)11-6-4-5-7-12(11)16(21)24/h4-7,9-10,13H,8H2,1-3H3,(H3,19,20,22,26)/t10-,13-/m0/s1. The van der Waals surface area contributed by atoms with Gasteiger partial charge in [0.05, 0.1) is 11.1 Å². The van der Waals surface area contributed by atoms with Gasteiger partial charge in [-0.05, 0) is 31.4 Å². The molecule has 0 spiro atoms. The third kappa shape index (κ3) is 4.30. The Morgan fingerprint density at radius 1 is 1.07 bits per heavy atom. The topological polar surface area (TPSA) is 136 Å². The largest absolute Gasteiger partial charge is 0.451 e. The molecular formula is C18H21N3O6. The van der Waals surface area contributed by atoms with Gasteiger partial charge in [-0.2, -0.15) is 0 Å². The predicted octanol–water partition coefficient (Wildman–Crippen LogP) is 0.824. The van der Waals surface area contributed by atoms with E-state index < -0.39 is 41.9 Å². The lowest BCUT2D eigenvalue weighted by Crippen LogP contribution is -2.49. The lowest BCUT2D eigenvalue weighted by Gasteiger charge is -2.27. The van der Waals surface area contributed by atoms with Crippen LogP contribution in [0.25, 0.3) is 0 Å². The first kappa shape index (κ1) is 20.1. The average Bonchev–Trinajstić information content (AvgIpc) is 2.83. The van der Waals surface area contributed by atoms with E-state index in [4.69, 9.17) is 10.5 Å². The van der Waals surface area contributed by atoms with E-state index in [1.54, 1.807) is 17.4 Å². The maximum absolute atomic E-state index is 12.7. The minimum absolute atomic E-state index is 0.0402. The number of nitrogens with zero attached hydrogens (tertiary/aromatic N) is 1. The number of rotatable bonds is 6. The molecule has 9 nitrogen and oxygen atoms in total. The second kappa shape index (κ2) is 7.98. The van der Waals surface area contributed by atoms with Crippen LogP contribution < -0.4 is 11.1 Å². The molecule has 0 fully saturated rings. The molecule has 2 atom stereocenters. The summed E-state index contributed by atoms with van der Waals surface area (Å²) in [6.45, 7) is 4.90. The van der Waals surface area contributed by atoms with E-state index in [0.29, 0.717) is 0 Å². The number of fused-ring (bicyclic) bond motifs is 1. The van der Waals surface area contributed by atoms with Gasteiger partial charge in [0.15, 0.2) is 6.10 Å². The van der Waals surface area contributed by atoms with Gasteiger partial charge in [0, 0.05) is 0 Å². The van der Waals surface area contributed by atoms with Crippen molar-refractivity contribution in [2.45, 2.75) is 39.3 Å². The molecule has 1 heterocycles. The first-order chi connectivity index (χ1) is 12.6. The van der Waals surface area contributed by atoms with Gasteiger partial charge in [-0.1, -0.05) is 26.0 Å². The van der Waals surface area contributed by atoms with Crippen molar-refractivity contribution >= 4 is 29.7 Å². The van der Waals surface area contributed by atoms with Gasteiger partial charge in [0.25, 0.3) is 17.7 Å². The minimum atomic E-state index is -1.32. The molecule has 9 heteroatoms. The van der Waals surface area contributed by atoms with E-state index >= 15 is 0 Å². The Morgan fingerprint density at radius 3 is 2.04 bits per heavy atom. The SMILES string of the molecule is CC(C)C[C@@H](C(=O)O[C@@H](C)C(=O)NC(N)=O)N1C(=O)c2ccccc2C1=O. The predicted molar refractivity (Wildman–Crippen MR) is 93.5 cm³/mol. The van der Waals surface area contributed by atoms with Crippen molar-refractivity contribution in [2.75, 3.05) is 0 Å². The Bertz CT molecular complexity index is 769. The molecule has 0 radical (unpaired) electrons. The number of carbonyl (C=O) groups excluding carboxylic acids is 5. The van der Waals surface area contributed by atoms with Gasteiger partial charge in [-0.15, -0.1) is 0 Å². The summed E-state index contributed by atoms with van der Waals surface area (Å²) in [5.41, 5.74) is 5.29. The van der Waals surface area contributed by atoms with E-state index in [-0.39, 0.29) is 23.5 Å². The van der Waals surface area contributed by atoms with E-state index in [0.717, 1.165) is 4.90 Å². The van der Waals surface area contributed by atoms with Crippen molar-refractivity contribution in [1.82, 2.24) is 10.2 Å². The van der Waals surface area contributed by atoms with E-state index in [9.17, 15) is 24.0 Å². The van der Waals surface area contributed by atoms with Crippen molar-refractivity contribution in [3.05, 3.63) is 35.4 Å². The Hall–Kier alpha value is -3.23. The second-order valence-electron chi connectivity index (χ2n) is 6.60. The Kier molecular flexibility index (Phi) is 5.94. The first-order valence-corrected chi connectivity index (χ1v) is 8.41. The van der Waals surface area contributed by atoms with Crippen molar-refractivity contribution in [1.29, 1.82) is 0 Å². The fourth-order valence-corrected chi connectivity index (χ4v) is 2.77. The molecule has 1 aliphatic rings. The Morgan fingerprint density at radius 2 is 1.59 bits per heavy atom. The van der Waals surface area contributed by atoms with Gasteiger partial charge in [-0.25, -0.2) is 9.59 Å². The van der Waals surface area contributed by atoms with Crippen molar-refractivity contribution in [3.63, 3.8) is 0 Å². The van der Waals surface area contributed by atoms with Crippen molar-refractivity contribution in [2.24, 2.45) is 11.7 Å². The highest BCUT2D eigenvalue weighted by Gasteiger charge is 2.44. The van der Waals surface area contributed by atoms with Crippen LogP contribution in [0.1, 0.15) is 47.9 Å². The third-order valence-corrected chi connectivity index (χ3v) is 4.01. The quantitative estimate of drug-likeness (QED) is 0.558. The highest BCUT2D eigenvalue weighted by molar-refractivity contribution is 6.22. The zero-order chi connectivity index (χ0) is 20.3. The fourth-order valence-electron chi connectivity index (χ4n) is 2.77. The molecule has 0 aliphatic carbocycles. The molecule has 1 aromatic carbocycles. The lowest BCUT2D eigenvalue weighted by atomic mass is 10.0. The zero-order valence-electron chi connectivity index (χ0n) is 15.2. The molecule has 0 unspecified atom stereocenters. The van der Waals surface area contributed by atoms with Gasteiger partial charge in [0.1, 0.15) is 6.04 Å². The zero-order valence-corrected chi connectivity index (χ0v) is 15.2. The summed E-state index contributed by atoms with van der Waals surface area (Å²) in [5.74, 6) is -3.03. The number of esters is 1. The maximum atomic E-state index is 12.7. The second-order valence-corrected chi connectivity index (χ2v) is 6.60. The molecule has 0 saturated carbocycles. The van der Waals surface area contributed by atoms with Crippen LogP contribution in [0, 0.1) is 5.92 Å². The summed E-state index contributed by atoms with van der Waals surface area (Å²) >= 11 is 0. The normalized spacial score (nSPS) is 15.3. The van der Waals surface area contributed by atoms with Gasteiger partial charge < -0.3 is 10.5 Å². The van der Waals surface area contributed by atoms with E-state index in [1.165, 1.54) is 19.1 Å². The molecule has 3 N–H and O–H groups in total. The number of hydrogen-bond acceptors (Lipinski definition) is 6. The van der Waals surface area contributed by atoms with Crippen LogP contribution >= 0.6 is 0 Å². The highest BCUT2D eigenvalue weighted by atomic mass is 16.5. The number of benzene rings is 1. The molecule has 0 aromatic heterocycles. The van der Waals surface area contributed by atoms with Gasteiger partial charge in [0.2, 0.25) is 0 Å². The molecule has 0 saturated heterocycles. The van der Waals surface area contributed by atoms with Crippen LogP contribution in [0.15, 0.2) is 24.3 Å². The summed E-state index contributed by atoms with van der Waals surface area (Å²) in [6.07, 6.45) is -1.16.